The Hall–Kier alpha value is -1.15. The maximum atomic E-state index is 12.0. The van der Waals surface area contributed by atoms with Gasteiger partial charge in [0, 0.05) is 14.1 Å². The number of methoxy groups -OCH3 is 1. The molecule has 106 valence electrons. The number of aromatic nitrogens is 2. The first-order valence-electron chi connectivity index (χ1n) is 5.54. The van der Waals surface area contributed by atoms with Crippen LogP contribution in [0.5, 0.6) is 0 Å². The van der Waals surface area contributed by atoms with Crippen molar-refractivity contribution in [2.75, 3.05) is 31.9 Å². The van der Waals surface area contributed by atoms with E-state index in [9.17, 15) is 9.59 Å². The van der Waals surface area contributed by atoms with E-state index in [0.29, 0.717) is 4.34 Å². The molecule has 0 saturated heterocycles. The van der Waals surface area contributed by atoms with Crippen LogP contribution in [0.15, 0.2) is 4.34 Å². The Bertz CT molecular complexity index is 472. The van der Waals surface area contributed by atoms with Crippen LogP contribution in [0.4, 0.5) is 5.13 Å². The summed E-state index contributed by atoms with van der Waals surface area (Å²) >= 11 is 2.69. The molecule has 8 heteroatoms. The standard InChI is InChI=1S/C11H17N3O3S2/c1-11(2,8(16)17-5)7(15)6-18-10-13-12-9(19-10)14(3)4/h6H2,1-5H3. The fraction of sp³-hybridized carbons (Fsp3) is 0.636. The molecule has 0 unspecified atom stereocenters. The van der Waals surface area contributed by atoms with Crippen LogP contribution in [-0.4, -0.2) is 48.9 Å². The minimum atomic E-state index is -1.13. The van der Waals surface area contributed by atoms with Gasteiger partial charge in [-0.25, -0.2) is 0 Å². The number of hydrogen-bond acceptors (Lipinski definition) is 8. The van der Waals surface area contributed by atoms with Crippen molar-refractivity contribution in [3.05, 3.63) is 0 Å². The summed E-state index contributed by atoms with van der Waals surface area (Å²) in [5.74, 6) is -0.542. The van der Waals surface area contributed by atoms with Crippen molar-refractivity contribution in [3.8, 4) is 0 Å². The Morgan fingerprint density at radius 2 is 2.00 bits per heavy atom. The maximum absolute atomic E-state index is 12.0. The molecule has 19 heavy (non-hydrogen) atoms. The van der Waals surface area contributed by atoms with Crippen molar-refractivity contribution in [1.29, 1.82) is 0 Å². The Morgan fingerprint density at radius 3 is 2.47 bits per heavy atom. The third kappa shape index (κ3) is 3.90. The second-order valence-corrected chi connectivity index (χ2v) is 6.75. The lowest BCUT2D eigenvalue weighted by atomic mass is 9.89. The number of ether oxygens (including phenoxy) is 1. The van der Waals surface area contributed by atoms with E-state index in [1.54, 1.807) is 13.8 Å². The second kappa shape index (κ2) is 6.33. The normalized spacial score (nSPS) is 11.2. The highest BCUT2D eigenvalue weighted by Crippen LogP contribution is 2.29. The lowest BCUT2D eigenvalue weighted by molar-refractivity contribution is -0.154. The predicted octanol–water partition coefficient (Wildman–Crippen LogP) is 1.46. The summed E-state index contributed by atoms with van der Waals surface area (Å²) in [4.78, 5) is 25.3. The lowest BCUT2D eigenvalue weighted by Crippen LogP contribution is -2.35. The van der Waals surface area contributed by atoms with Crippen LogP contribution in [0.3, 0.4) is 0 Å². The van der Waals surface area contributed by atoms with Gasteiger partial charge < -0.3 is 9.64 Å². The molecule has 0 amide bonds. The molecule has 1 heterocycles. The van der Waals surface area contributed by atoms with Crippen LogP contribution < -0.4 is 4.90 Å². The number of anilines is 1. The minimum absolute atomic E-state index is 0.171. The molecule has 0 spiro atoms. The Morgan fingerprint density at radius 1 is 1.37 bits per heavy atom. The quantitative estimate of drug-likeness (QED) is 0.447. The minimum Gasteiger partial charge on any atom is -0.468 e. The first-order valence-corrected chi connectivity index (χ1v) is 7.34. The molecule has 0 saturated carbocycles. The third-order valence-electron chi connectivity index (χ3n) is 2.50. The van der Waals surface area contributed by atoms with Crippen molar-refractivity contribution in [1.82, 2.24) is 10.2 Å². The van der Waals surface area contributed by atoms with Gasteiger partial charge in [-0.2, -0.15) is 0 Å². The van der Waals surface area contributed by atoms with E-state index in [2.05, 4.69) is 14.9 Å². The molecule has 1 aromatic heterocycles. The number of rotatable bonds is 6. The summed E-state index contributed by atoms with van der Waals surface area (Å²) in [6.07, 6.45) is 0. The average molecular weight is 303 g/mol. The van der Waals surface area contributed by atoms with Crippen LogP contribution in [0.1, 0.15) is 13.8 Å². The summed E-state index contributed by atoms with van der Waals surface area (Å²) in [5, 5.41) is 8.74. The molecule has 0 radical (unpaired) electrons. The van der Waals surface area contributed by atoms with Gasteiger partial charge in [0.1, 0.15) is 5.41 Å². The molecule has 0 aliphatic heterocycles. The predicted molar refractivity (Wildman–Crippen MR) is 75.8 cm³/mol. The van der Waals surface area contributed by atoms with Crippen molar-refractivity contribution in [2.45, 2.75) is 18.2 Å². The van der Waals surface area contributed by atoms with Crippen molar-refractivity contribution in [2.24, 2.45) is 5.41 Å². The highest BCUT2D eigenvalue weighted by atomic mass is 32.2. The summed E-state index contributed by atoms with van der Waals surface area (Å²) in [5.41, 5.74) is -1.13. The zero-order valence-corrected chi connectivity index (χ0v) is 13.2. The largest absolute Gasteiger partial charge is 0.468 e. The SMILES string of the molecule is COC(=O)C(C)(C)C(=O)CSc1nnc(N(C)C)s1. The first kappa shape index (κ1) is 15.9. The Kier molecular flexibility index (Phi) is 5.30. The van der Waals surface area contributed by atoms with Crippen molar-refractivity contribution >= 4 is 40.0 Å². The van der Waals surface area contributed by atoms with E-state index in [1.165, 1.54) is 30.2 Å². The molecule has 1 aromatic rings. The van der Waals surface area contributed by atoms with Gasteiger partial charge in [0.25, 0.3) is 0 Å². The Balaban J connectivity index is 2.61. The molecular formula is C11H17N3O3S2. The van der Waals surface area contributed by atoms with Gasteiger partial charge in [-0.05, 0) is 13.8 Å². The maximum Gasteiger partial charge on any atom is 0.318 e. The van der Waals surface area contributed by atoms with Crippen molar-refractivity contribution < 1.29 is 14.3 Å². The summed E-state index contributed by atoms with van der Waals surface area (Å²) in [6, 6.07) is 0. The topological polar surface area (TPSA) is 72.4 Å². The van der Waals surface area contributed by atoms with Crippen LogP contribution in [0, 0.1) is 5.41 Å². The molecule has 1 rings (SSSR count). The number of esters is 1. The molecule has 0 aliphatic carbocycles. The number of ketones is 1. The molecule has 6 nitrogen and oxygen atoms in total. The number of carbonyl (C=O) groups is 2. The number of Topliss-reactive ketones (excluding diaryl/α,β-unsaturated/α-hetero) is 1. The van der Waals surface area contributed by atoms with Crippen molar-refractivity contribution in [3.63, 3.8) is 0 Å². The van der Waals surface area contributed by atoms with E-state index >= 15 is 0 Å². The number of carbonyl (C=O) groups excluding carboxylic acids is 2. The molecule has 0 aromatic carbocycles. The van der Waals surface area contributed by atoms with E-state index in [-0.39, 0.29) is 11.5 Å². The third-order valence-corrected chi connectivity index (χ3v) is 4.72. The van der Waals surface area contributed by atoms with Gasteiger partial charge in [-0.1, -0.05) is 23.1 Å². The molecule has 0 bridgehead atoms. The number of thioether (sulfide) groups is 1. The lowest BCUT2D eigenvalue weighted by Gasteiger charge is -2.19. The van der Waals surface area contributed by atoms with Crippen LogP contribution in [0.2, 0.25) is 0 Å². The molecule has 0 atom stereocenters. The van der Waals surface area contributed by atoms with E-state index in [1.807, 2.05) is 19.0 Å². The second-order valence-electron chi connectivity index (χ2n) is 4.57. The highest BCUT2D eigenvalue weighted by molar-refractivity contribution is 8.01. The van der Waals surface area contributed by atoms with E-state index < -0.39 is 11.4 Å². The van der Waals surface area contributed by atoms with Gasteiger partial charge in [-0.3, -0.25) is 9.59 Å². The fourth-order valence-corrected chi connectivity index (χ4v) is 2.97. The zero-order valence-electron chi connectivity index (χ0n) is 11.6. The van der Waals surface area contributed by atoms with Crippen LogP contribution in [-0.2, 0) is 14.3 Å². The molecular weight excluding hydrogens is 286 g/mol. The van der Waals surface area contributed by atoms with Gasteiger partial charge in [-0.15, -0.1) is 10.2 Å². The van der Waals surface area contributed by atoms with Gasteiger partial charge in [0.05, 0.1) is 12.9 Å². The number of nitrogens with zero attached hydrogens (tertiary/aromatic N) is 3. The average Bonchev–Trinajstić information content (AvgIpc) is 2.83. The van der Waals surface area contributed by atoms with Crippen LogP contribution in [0.25, 0.3) is 0 Å². The van der Waals surface area contributed by atoms with E-state index in [4.69, 9.17) is 0 Å². The zero-order chi connectivity index (χ0) is 14.6. The molecule has 0 aliphatic rings. The van der Waals surface area contributed by atoms with Gasteiger partial charge in [0.2, 0.25) is 5.13 Å². The molecule has 0 N–H and O–H groups in total. The monoisotopic (exact) mass is 303 g/mol. The molecule has 0 fully saturated rings. The summed E-state index contributed by atoms with van der Waals surface area (Å²) in [6.45, 7) is 3.13. The van der Waals surface area contributed by atoms with Crippen LogP contribution >= 0.6 is 23.1 Å². The fourth-order valence-electron chi connectivity index (χ4n) is 1.12. The summed E-state index contributed by atoms with van der Waals surface area (Å²) < 4.78 is 5.33. The first-order chi connectivity index (χ1) is 8.78. The smallest absolute Gasteiger partial charge is 0.318 e. The van der Waals surface area contributed by atoms with Gasteiger partial charge >= 0.3 is 5.97 Å². The van der Waals surface area contributed by atoms with E-state index in [0.717, 1.165) is 5.13 Å². The Labute approximate surface area is 120 Å². The number of hydrogen-bond donors (Lipinski definition) is 0. The summed E-state index contributed by atoms with van der Waals surface area (Å²) in [7, 11) is 5.03. The van der Waals surface area contributed by atoms with Gasteiger partial charge in [0.15, 0.2) is 10.1 Å². The highest BCUT2D eigenvalue weighted by Gasteiger charge is 2.36.